The first-order valence-electron chi connectivity index (χ1n) is 12.6. The Labute approximate surface area is 210 Å². The molecule has 182 valence electrons. The lowest BCUT2D eigenvalue weighted by molar-refractivity contribution is -0.0333. The van der Waals surface area contributed by atoms with Gasteiger partial charge in [0.05, 0.1) is 19.8 Å². The maximum atomic E-state index is 5.62. The molecule has 4 rings (SSSR count). The van der Waals surface area contributed by atoms with Crippen LogP contribution in [-0.4, -0.2) is 77.1 Å². The number of fused-ring (bicyclic) bond motifs is 1. The Balaban J connectivity index is 0.00000289. The number of guanidine groups is 1. The smallest absolute Gasteiger partial charge is 0.191 e. The zero-order chi connectivity index (χ0) is 21.4. The van der Waals surface area contributed by atoms with Crippen molar-refractivity contribution in [2.45, 2.75) is 83.2 Å². The fourth-order valence-corrected chi connectivity index (χ4v) is 5.41. The summed E-state index contributed by atoms with van der Waals surface area (Å²) in [5.41, 5.74) is 0.203. The topological polar surface area (TPSA) is 79.6 Å². The van der Waals surface area contributed by atoms with Crippen molar-refractivity contribution in [2.75, 3.05) is 45.9 Å². The number of hydrogen-bond donors (Lipinski definition) is 2. The van der Waals surface area contributed by atoms with E-state index in [1.54, 1.807) is 0 Å². The van der Waals surface area contributed by atoms with E-state index < -0.39 is 0 Å². The van der Waals surface area contributed by atoms with Crippen molar-refractivity contribution < 1.29 is 4.74 Å². The normalized spacial score (nSPS) is 21.8. The molecule has 0 unspecified atom stereocenters. The van der Waals surface area contributed by atoms with E-state index in [0.29, 0.717) is 0 Å². The monoisotopic (exact) mass is 559 g/mol. The summed E-state index contributed by atoms with van der Waals surface area (Å²) in [7, 11) is 0. The third kappa shape index (κ3) is 6.56. The zero-order valence-corrected chi connectivity index (χ0v) is 22.1. The Kier molecular flexibility index (Phi) is 10.5. The van der Waals surface area contributed by atoms with E-state index in [1.165, 1.54) is 51.4 Å². The summed E-state index contributed by atoms with van der Waals surface area (Å²) >= 11 is 0. The minimum absolute atomic E-state index is 0. The first-order valence-corrected chi connectivity index (χ1v) is 12.6. The van der Waals surface area contributed by atoms with Gasteiger partial charge in [-0.15, -0.1) is 34.2 Å². The van der Waals surface area contributed by atoms with Crippen molar-refractivity contribution in [3.05, 3.63) is 11.6 Å². The molecule has 1 aromatic heterocycles. The highest BCUT2D eigenvalue weighted by Crippen LogP contribution is 2.34. The van der Waals surface area contributed by atoms with Gasteiger partial charge in [0.2, 0.25) is 0 Å². The molecule has 3 aliphatic rings. The number of nitrogens with one attached hydrogen (secondary N) is 2. The maximum Gasteiger partial charge on any atom is 0.191 e. The summed E-state index contributed by atoms with van der Waals surface area (Å²) in [5.74, 6) is 3.20. The predicted molar refractivity (Wildman–Crippen MR) is 139 cm³/mol. The van der Waals surface area contributed by atoms with Crippen LogP contribution in [0.3, 0.4) is 0 Å². The highest BCUT2D eigenvalue weighted by molar-refractivity contribution is 14.0. The molecule has 8 nitrogen and oxygen atoms in total. The molecule has 0 spiro atoms. The summed E-state index contributed by atoms with van der Waals surface area (Å²) in [5, 5.41) is 15.9. The van der Waals surface area contributed by atoms with Crippen molar-refractivity contribution in [1.29, 1.82) is 0 Å². The number of morpholine rings is 1. The fraction of sp³-hybridized carbons (Fsp3) is 0.870. The average Bonchev–Trinajstić information content (AvgIpc) is 3.04. The molecule has 0 bridgehead atoms. The quantitative estimate of drug-likeness (QED) is 0.304. The summed E-state index contributed by atoms with van der Waals surface area (Å²) in [4.78, 5) is 7.74. The highest BCUT2D eigenvalue weighted by atomic mass is 127. The van der Waals surface area contributed by atoms with E-state index in [4.69, 9.17) is 9.73 Å². The molecule has 0 radical (unpaired) electrons. The third-order valence-electron chi connectivity index (χ3n) is 7.17. The summed E-state index contributed by atoms with van der Waals surface area (Å²) in [6, 6.07) is 0. The van der Waals surface area contributed by atoms with Crippen LogP contribution in [0.4, 0.5) is 0 Å². The largest absolute Gasteiger partial charge is 0.379 e. The van der Waals surface area contributed by atoms with Crippen molar-refractivity contribution in [1.82, 2.24) is 30.3 Å². The van der Waals surface area contributed by atoms with Gasteiger partial charge in [-0.1, -0.05) is 25.7 Å². The van der Waals surface area contributed by atoms with Crippen LogP contribution < -0.4 is 10.6 Å². The van der Waals surface area contributed by atoms with E-state index in [0.717, 1.165) is 82.9 Å². The number of aliphatic imine (C=N–C) groups is 1. The van der Waals surface area contributed by atoms with E-state index in [-0.39, 0.29) is 29.5 Å². The van der Waals surface area contributed by atoms with Crippen LogP contribution in [0.15, 0.2) is 4.99 Å². The van der Waals surface area contributed by atoms with Crippen molar-refractivity contribution in [3.8, 4) is 0 Å². The minimum Gasteiger partial charge on any atom is -0.379 e. The van der Waals surface area contributed by atoms with Gasteiger partial charge in [-0.2, -0.15) is 0 Å². The Morgan fingerprint density at radius 3 is 2.56 bits per heavy atom. The molecule has 2 N–H and O–H groups in total. The van der Waals surface area contributed by atoms with E-state index in [2.05, 4.69) is 37.2 Å². The van der Waals surface area contributed by atoms with Gasteiger partial charge >= 0.3 is 0 Å². The SMILES string of the molecule is CCNC(=NCC1(N2CCOCC2)CCCCC1)NCCc1nnc2n1CCCCC2.I. The van der Waals surface area contributed by atoms with E-state index in [1.807, 2.05) is 0 Å². The molecule has 2 aliphatic heterocycles. The lowest BCUT2D eigenvalue weighted by atomic mass is 9.80. The number of aromatic nitrogens is 3. The maximum absolute atomic E-state index is 5.62. The van der Waals surface area contributed by atoms with Crippen LogP contribution >= 0.6 is 24.0 Å². The Hall–Kier alpha value is -0.940. The molecule has 32 heavy (non-hydrogen) atoms. The molecule has 1 saturated carbocycles. The molecule has 0 amide bonds. The first kappa shape index (κ1) is 25.7. The van der Waals surface area contributed by atoms with Gasteiger partial charge in [-0.25, -0.2) is 0 Å². The van der Waals surface area contributed by atoms with Crippen LogP contribution in [0.5, 0.6) is 0 Å². The van der Waals surface area contributed by atoms with Gasteiger partial charge in [0.1, 0.15) is 11.6 Å². The molecule has 1 aliphatic carbocycles. The number of nitrogens with zero attached hydrogens (tertiary/aromatic N) is 5. The second-order valence-corrected chi connectivity index (χ2v) is 9.25. The second kappa shape index (κ2) is 13.1. The fourth-order valence-electron chi connectivity index (χ4n) is 5.41. The molecule has 0 atom stereocenters. The molecule has 1 saturated heterocycles. The molecule has 2 fully saturated rings. The first-order chi connectivity index (χ1) is 15.3. The molecule has 9 heteroatoms. The van der Waals surface area contributed by atoms with Crippen LogP contribution in [0.1, 0.15) is 69.9 Å². The molecule has 3 heterocycles. The summed E-state index contributed by atoms with van der Waals surface area (Å²) < 4.78 is 7.96. The third-order valence-corrected chi connectivity index (χ3v) is 7.17. The van der Waals surface area contributed by atoms with Crippen molar-refractivity contribution in [3.63, 3.8) is 0 Å². The van der Waals surface area contributed by atoms with Gasteiger partial charge in [0.25, 0.3) is 0 Å². The predicted octanol–water partition coefficient (Wildman–Crippen LogP) is 2.76. The zero-order valence-electron chi connectivity index (χ0n) is 19.8. The van der Waals surface area contributed by atoms with Gasteiger partial charge in [-0.05, 0) is 32.6 Å². The number of hydrogen-bond acceptors (Lipinski definition) is 5. The highest BCUT2D eigenvalue weighted by Gasteiger charge is 2.38. The van der Waals surface area contributed by atoms with Crippen LogP contribution in [0.2, 0.25) is 0 Å². The lowest BCUT2D eigenvalue weighted by Gasteiger charge is -2.47. The Bertz CT molecular complexity index is 711. The number of rotatable bonds is 7. The van der Waals surface area contributed by atoms with E-state index in [9.17, 15) is 0 Å². The molecular weight excluding hydrogens is 517 g/mol. The van der Waals surface area contributed by atoms with Gasteiger partial charge in [0, 0.05) is 51.1 Å². The van der Waals surface area contributed by atoms with Gasteiger partial charge in [0.15, 0.2) is 5.96 Å². The minimum atomic E-state index is 0. The molecule has 1 aromatic rings. The van der Waals surface area contributed by atoms with Crippen molar-refractivity contribution in [2.24, 2.45) is 4.99 Å². The van der Waals surface area contributed by atoms with E-state index >= 15 is 0 Å². The van der Waals surface area contributed by atoms with Gasteiger partial charge < -0.3 is 19.9 Å². The Morgan fingerprint density at radius 1 is 1.00 bits per heavy atom. The molecular formula is C23H42IN7O. The van der Waals surface area contributed by atoms with Gasteiger partial charge in [-0.3, -0.25) is 9.89 Å². The number of halogens is 1. The standard InChI is InChI=1S/C23H41N7O.HI/c1-2-24-22(25-13-10-21-28-27-20-9-5-3-8-14-30(20)21)26-19-23(11-6-4-7-12-23)29-15-17-31-18-16-29;/h2-19H2,1H3,(H2,24,25,26);1H. The number of ether oxygens (including phenoxy) is 1. The molecule has 0 aromatic carbocycles. The summed E-state index contributed by atoms with van der Waals surface area (Å²) in [6.07, 6.45) is 12.2. The average molecular weight is 560 g/mol. The van der Waals surface area contributed by atoms with Crippen molar-refractivity contribution >= 4 is 29.9 Å². The van der Waals surface area contributed by atoms with Crippen LogP contribution in [0.25, 0.3) is 0 Å². The summed E-state index contributed by atoms with van der Waals surface area (Å²) in [6.45, 7) is 9.55. The van der Waals surface area contributed by atoms with Crippen LogP contribution in [0, 0.1) is 0 Å². The number of aryl methyl sites for hydroxylation is 1. The lowest BCUT2D eigenvalue weighted by Crippen LogP contribution is -2.56. The van der Waals surface area contributed by atoms with Crippen LogP contribution in [-0.2, 0) is 24.1 Å². The Morgan fingerprint density at radius 2 is 1.78 bits per heavy atom. The second-order valence-electron chi connectivity index (χ2n) is 9.25.